The van der Waals surface area contributed by atoms with Gasteiger partial charge in [-0.2, -0.15) is 15.7 Å². The van der Waals surface area contributed by atoms with Crippen LogP contribution in [0.5, 0.6) is 0 Å². The molecule has 2 unspecified atom stereocenters. The topological polar surface area (TPSA) is 60.2 Å². The molecule has 136 valence electrons. The quantitative estimate of drug-likeness (QED) is 0.646. The second kappa shape index (κ2) is 6.90. The lowest BCUT2D eigenvalue weighted by Gasteiger charge is -2.50. The molecule has 6 heteroatoms. The van der Waals surface area contributed by atoms with Gasteiger partial charge in [-0.15, -0.1) is 0 Å². The van der Waals surface area contributed by atoms with E-state index in [4.69, 9.17) is 0 Å². The summed E-state index contributed by atoms with van der Waals surface area (Å²) in [4.78, 5) is 0. The van der Waals surface area contributed by atoms with Crippen LogP contribution >= 0.6 is 0 Å². The van der Waals surface area contributed by atoms with Crippen molar-refractivity contribution in [3.8, 4) is 0 Å². The average molecular weight is 352 g/mol. The van der Waals surface area contributed by atoms with Crippen molar-refractivity contribution in [2.24, 2.45) is 10.2 Å². The second-order valence-corrected chi connectivity index (χ2v) is 7.48. The van der Waals surface area contributed by atoms with Crippen LogP contribution in [0.3, 0.4) is 0 Å². The van der Waals surface area contributed by atoms with Crippen molar-refractivity contribution < 1.29 is 9.59 Å². The third kappa shape index (κ3) is 3.47. The zero-order chi connectivity index (χ0) is 18.8. The molecule has 0 amide bonds. The molecule has 0 spiro atoms. The summed E-state index contributed by atoms with van der Waals surface area (Å²) in [5.74, 6) is 0.169. The molecule has 0 aliphatic carbocycles. The fourth-order valence-corrected chi connectivity index (χ4v) is 2.86. The third-order valence-corrected chi connectivity index (χ3v) is 4.89. The number of quaternary nitrogens is 1. The Morgan fingerprint density at radius 2 is 1.58 bits per heavy atom. The second-order valence-electron chi connectivity index (χ2n) is 7.48. The maximum absolute atomic E-state index is 10.8. The van der Waals surface area contributed by atoms with E-state index in [-0.39, 0.29) is 5.76 Å². The Morgan fingerprint density at radius 3 is 2.15 bits per heavy atom. The van der Waals surface area contributed by atoms with E-state index in [1.165, 1.54) is 0 Å². The molecule has 2 aromatic carbocycles. The van der Waals surface area contributed by atoms with Crippen LogP contribution in [0.25, 0.3) is 0 Å². The predicted molar refractivity (Wildman–Crippen MR) is 104 cm³/mol. The summed E-state index contributed by atoms with van der Waals surface area (Å²) in [6.45, 7) is 2.04. The summed E-state index contributed by atoms with van der Waals surface area (Å²) in [5.41, 5.74) is 4.61. The number of aliphatic hydroxyl groups excluding tert-OH is 1. The van der Waals surface area contributed by atoms with Crippen molar-refractivity contribution in [1.82, 2.24) is 5.43 Å². The summed E-state index contributed by atoms with van der Waals surface area (Å²) < 4.78 is 0.534. The van der Waals surface area contributed by atoms with E-state index in [1.54, 1.807) is 6.20 Å². The van der Waals surface area contributed by atoms with E-state index in [9.17, 15) is 5.11 Å². The molecule has 2 aromatic rings. The smallest absolute Gasteiger partial charge is 0.199 e. The van der Waals surface area contributed by atoms with E-state index in [2.05, 4.69) is 36.8 Å². The first kappa shape index (κ1) is 18.1. The standard InChI is InChI=1S/C20H25N5O/c1-20(25(2,3)4)19(22-21-16-11-7-5-8-12-16)18(26)15-24(23-20)17-13-9-6-10-14-17/h5-15,19,23H,1-4H3/p+1. The molecule has 0 radical (unpaired) electrons. The van der Waals surface area contributed by atoms with Crippen molar-refractivity contribution >= 4 is 11.4 Å². The van der Waals surface area contributed by atoms with Crippen molar-refractivity contribution in [3.63, 3.8) is 0 Å². The number of rotatable bonds is 4. The van der Waals surface area contributed by atoms with Gasteiger partial charge >= 0.3 is 0 Å². The van der Waals surface area contributed by atoms with Crippen LogP contribution in [0, 0.1) is 0 Å². The molecule has 1 heterocycles. The zero-order valence-corrected chi connectivity index (χ0v) is 15.7. The van der Waals surface area contributed by atoms with E-state index >= 15 is 0 Å². The SMILES string of the molecule is CC1([N+](C)(C)C)NN(c2ccccc2)C=C(O)C1N=Nc1ccccc1. The molecule has 26 heavy (non-hydrogen) atoms. The number of hydrogen-bond donors (Lipinski definition) is 2. The van der Waals surface area contributed by atoms with Crippen LogP contribution in [0.2, 0.25) is 0 Å². The number of nitrogens with one attached hydrogen (secondary N) is 1. The molecule has 1 aliphatic rings. The average Bonchev–Trinajstić information content (AvgIpc) is 2.61. The van der Waals surface area contributed by atoms with Crippen molar-refractivity contribution in [1.29, 1.82) is 0 Å². The summed E-state index contributed by atoms with van der Waals surface area (Å²) in [5, 5.41) is 21.5. The van der Waals surface area contributed by atoms with E-state index in [0.29, 0.717) is 4.48 Å². The predicted octanol–water partition coefficient (Wildman–Crippen LogP) is 3.99. The molecule has 0 bridgehead atoms. The number of likely N-dealkylation sites (N-methyl/N-ethyl adjacent to an activating group) is 1. The van der Waals surface area contributed by atoms with E-state index in [0.717, 1.165) is 11.4 Å². The molecule has 1 aliphatic heterocycles. The highest BCUT2D eigenvalue weighted by Gasteiger charge is 2.52. The summed E-state index contributed by atoms with van der Waals surface area (Å²) in [7, 11) is 6.21. The highest BCUT2D eigenvalue weighted by molar-refractivity contribution is 5.49. The largest absolute Gasteiger partial charge is 0.508 e. The van der Waals surface area contributed by atoms with E-state index in [1.807, 2.05) is 72.6 Å². The Labute approximate surface area is 154 Å². The van der Waals surface area contributed by atoms with E-state index < -0.39 is 11.7 Å². The number of hydrogen-bond acceptors (Lipinski definition) is 5. The first-order valence-electron chi connectivity index (χ1n) is 8.61. The van der Waals surface area contributed by atoms with Gasteiger partial charge in [0.25, 0.3) is 0 Å². The molecule has 6 nitrogen and oxygen atoms in total. The number of para-hydroxylation sites is 1. The maximum Gasteiger partial charge on any atom is 0.199 e. The number of aliphatic hydroxyl groups is 1. The Kier molecular flexibility index (Phi) is 4.80. The van der Waals surface area contributed by atoms with Gasteiger partial charge in [0.05, 0.1) is 38.7 Å². The number of anilines is 1. The van der Waals surface area contributed by atoms with Gasteiger partial charge in [-0.25, -0.2) is 0 Å². The minimum absolute atomic E-state index is 0.169. The minimum Gasteiger partial charge on any atom is -0.508 e. The van der Waals surface area contributed by atoms with Gasteiger partial charge in [-0.05, 0) is 24.3 Å². The number of hydrazine groups is 1. The molecule has 0 fully saturated rings. The Morgan fingerprint density at radius 1 is 1.00 bits per heavy atom. The van der Waals surface area contributed by atoms with Gasteiger partial charge in [0, 0.05) is 6.92 Å². The third-order valence-electron chi connectivity index (χ3n) is 4.89. The molecular formula is C20H26N5O+. The number of nitrogens with zero attached hydrogens (tertiary/aromatic N) is 4. The van der Waals surface area contributed by atoms with Gasteiger partial charge in [-0.3, -0.25) is 5.01 Å². The van der Waals surface area contributed by atoms with Gasteiger partial charge in [-0.1, -0.05) is 36.4 Å². The zero-order valence-electron chi connectivity index (χ0n) is 15.7. The molecule has 2 atom stereocenters. The van der Waals surface area contributed by atoms with Crippen LogP contribution in [0.15, 0.2) is 82.9 Å². The summed E-state index contributed by atoms with van der Waals surface area (Å²) >= 11 is 0. The first-order chi connectivity index (χ1) is 12.3. The van der Waals surface area contributed by atoms with Crippen molar-refractivity contribution in [2.75, 3.05) is 26.2 Å². The van der Waals surface area contributed by atoms with Crippen molar-refractivity contribution in [3.05, 3.63) is 72.6 Å². The molecule has 2 N–H and O–H groups in total. The van der Waals surface area contributed by atoms with Crippen molar-refractivity contribution in [2.45, 2.75) is 18.6 Å². The molecule has 0 saturated carbocycles. The highest BCUT2D eigenvalue weighted by atomic mass is 16.3. The molecule has 3 rings (SSSR count). The van der Waals surface area contributed by atoms with Crippen LogP contribution in [-0.4, -0.2) is 42.4 Å². The van der Waals surface area contributed by atoms with Crippen LogP contribution in [-0.2, 0) is 0 Å². The van der Waals surface area contributed by atoms with Crippen LogP contribution < -0.4 is 10.4 Å². The maximum atomic E-state index is 10.8. The minimum atomic E-state index is -0.604. The normalized spacial score (nSPS) is 23.9. The molecule has 0 saturated heterocycles. The van der Waals surface area contributed by atoms with Gasteiger partial charge < -0.3 is 9.59 Å². The fourth-order valence-electron chi connectivity index (χ4n) is 2.86. The monoisotopic (exact) mass is 352 g/mol. The Balaban J connectivity index is 2.00. The highest BCUT2D eigenvalue weighted by Crippen LogP contribution is 2.33. The number of azo groups is 1. The van der Waals surface area contributed by atoms with Gasteiger partial charge in [0.1, 0.15) is 5.76 Å². The lowest BCUT2D eigenvalue weighted by atomic mass is 9.96. The Hall–Kier alpha value is -2.70. The molecular weight excluding hydrogens is 326 g/mol. The fraction of sp³-hybridized carbons (Fsp3) is 0.300. The van der Waals surface area contributed by atoms with Gasteiger partial charge in [0.2, 0.25) is 0 Å². The van der Waals surface area contributed by atoms with Crippen LogP contribution in [0.4, 0.5) is 11.4 Å². The summed E-state index contributed by atoms with van der Waals surface area (Å²) in [6.07, 6.45) is 1.67. The lowest BCUT2D eigenvalue weighted by molar-refractivity contribution is -0.927. The number of benzene rings is 2. The van der Waals surface area contributed by atoms with Crippen LogP contribution in [0.1, 0.15) is 6.92 Å². The first-order valence-corrected chi connectivity index (χ1v) is 8.61. The lowest BCUT2D eigenvalue weighted by Crippen LogP contribution is -2.74. The van der Waals surface area contributed by atoms with Gasteiger partial charge in [0.15, 0.2) is 11.7 Å². The molecule has 0 aromatic heterocycles. The Bertz CT molecular complexity index is 798. The summed E-state index contributed by atoms with van der Waals surface area (Å²) in [6, 6.07) is 18.9.